The molecule has 0 aromatic heterocycles. The van der Waals surface area contributed by atoms with Gasteiger partial charge in [0.1, 0.15) is 6.29 Å². The van der Waals surface area contributed by atoms with E-state index in [0.717, 1.165) is 48.7 Å². The van der Waals surface area contributed by atoms with Gasteiger partial charge in [0.05, 0.1) is 17.8 Å². The van der Waals surface area contributed by atoms with Crippen molar-refractivity contribution in [1.82, 2.24) is 0 Å². The Morgan fingerprint density at radius 2 is 2.17 bits per heavy atom. The van der Waals surface area contributed by atoms with E-state index >= 15 is 0 Å². The van der Waals surface area contributed by atoms with Crippen molar-refractivity contribution >= 4 is 6.29 Å². The Bertz CT molecular complexity index is 569. The van der Waals surface area contributed by atoms with E-state index < -0.39 is 6.10 Å². The molecule has 0 radical (unpaired) electrons. The molecule has 3 nitrogen and oxygen atoms in total. The number of epoxide rings is 1. The van der Waals surface area contributed by atoms with Gasteiger partial charge in [0.25, 0.3) is 0 Å². The van der Waals surface area contributed by atoms with Gasteiger partial charge in [-0.05, 0) is 57.9 Å². The number of hydrogen-bond donors (Lipinski definition) is 1. The first-order chi connectivity index (χ1) is 10.9. The Balaban J connectivity index is 1.95. The molecular weight excluding hydrogens is 288 g/mol. The van der Waals surface area contributed by atoms with E-state index in [2.05, 4.69) is 19.6 Å². The van der Waals surface area contributed by atoms with Crippen LogP contribution in [0.4, 0.5) is 0 Å². The molecule has 3 rings (SSSR count). The van der Waals surface area contributed by atoms with Crippen LogP contribution in [0.3, 0.4) is 0 Å². The summed E-state index contributed by atoms with van der Waals surface area (Å²) in [6, 6.07) is 0. The summed E-state index contributed by atoms with van der Waals surface area (Å²) in [5, 5.41) is 10.9. The van der Waals surface area contributed by atoms with Crippen LogP contribution in [0.15, 0.2) is 35.5 Å². The minimum absolute atomic E-state index is 0.0260. The number of carbonyl (C=O) groups excluding carboxylic acids is 1. The number of fused-ring (bicyclic) bond motifs is 2. The maximum Gasteiger partial charge on any atom is 0.146 e. The summed E-state index contributed by atoms with van der Waals surface area (Å²) in [5.41, 5.74) is 3.02. The number of rotatable bonds is 2. The predicted octanol–water partition coefficient (Wildman–Crippen LogP) is 3.59. The summed E-state index contributed by atoms with van der Waals surface area (Å²) >= 11 is 0. The normalized spacial score (nSPS) is 43.0. The quantitative estimate of drug-likeness (QED) is 0.481. The van der Waals surface area contributed by atoms with Gasteiger partial charge in [0.2, 0.25) is 0 Å². The zero-order chi connectivity index (χ0) is 16.8. The summed E-state index contributed by atoms with van der Waals surface area (Å²) in [7, 11) is 0. The molecule has 1 saturated heterocycles. The van der Waals surface area contributed by atoms with Crippen LogP contribution in [-0.4, -0.2) is 29.2 Å². The van der Waals surface area contributed by atoms with Gasteiger partial charge < -0.3 is 9.84 Å². The molecule has 3 aliphatic rings. The van der Waals surface area contributed by atoms with Crippen LogP contribution >= 0.6 is 0 Å². The van der Waals surface area contributed by atoms with E-state index in [0.29, 0.717) is 6.10 Å². The van der Waals surface area contributed by atoms with E-state index in [-0.39, 0.29) is 23.4 Å². The summed E-state index contributed by atoms with van der Waals surface area (Å²) < 4.78 is 5.86. The second-order valence-electron chi connectivity index (χ2n) is 7.88. The van der Waals surface area contributed by atoms with Crippen molar-refractivity contribution in [3.05, 3.63) is 35.5 Å². The standard InChI is InChI=1S/C20H28O3/c1-12(2)9-14-10-15(11-21)16-7-8-20(4)17(23-20)6-5-13(3)18(16)19(14)22/h9-11,14,16-19,22H,3,5-8H2,1-2,4H3. The Morgan fingerprint density at radius 3 is 2.83 bits per heavy atom. The highest BCUT2D eigenvalue weighted by Gasteiger charge is 2.53. The smallest absolute Gasteiger partial charge is 0.146 e. The fourth-order valence-corrected chi connectivity index (χ4v) is 4.46. The molecule has 6 unspecified atom stereocenters. The highest BCUT2D eigenvalue weighted by Crippen LogP contribution is 2.50. The fourth-order valence-electron chi connectivity index (χ4n) is 4.46. The second-order valence-corrected chi connectivity index (χ2v) is 7.88. The van der Waals surface area contributed by atoms with Crippen molar-refractivity contribution in [3.8, 4) is 0 Å². The number of carbonyl (C=O) groups is 1. The third-order valence-electron chi connectivity index (χ3n) is 5.86. The minimum atomic E-state index is -0.491. The van der Waals surface area contributed by atoms with Crippen molar-refractivity contribution in [3.63, 3.8) is 0 Å². The molecule has 0 spiro atoms. The van der Waals surface area contributed by atoms with E-state index in [1.165, 1.54) is 0 Å². The molecule has 0 aromatic rings. The van der Waals surface area contributed by atoms with Crippen LogP contribution in [0.2, 0.25) is 0 Å². The molecule has 1 heterocycles. The van der Waals surface area contributed by atoms with Crippen molar-refractivity contribution in [2.24, 2.45) is 17.8 Å². The van der Waals surface area contributed by atoms with E-state index in [1.54, 1.807) is 0 Å². The average Bonchev–Trinajstić information content (AvgIpc) is 3.14. The Hall–Kier alpha value is -1.19. The third-order valence-corrected chi connectivity index (χ3v) is 5.86. The number of aliphatic hydroxyl groups is 1. The molecule has 6 atom stereocenters. The van der Waals surface area contributed by atoms with Crippen LogP contribution in [-0.2, 0) is 9.53 Å². The monoisotopic (exact) mass is 316 g/mol. The number of hydrogen-bond acceptors (Lipinski definition) is 3. The van der Waals surface area contributed by atoms with Gasteiger partial charge in [-0.25, -0.2) is 0 Å². The SMILES string of the molecule is C=C1CCC2OC2(C)CCC2C(C=O)=CC(C=C(C)C)C(O)C12. The first kappa shape index (κ1) is 16.7. The molecule has 0 aromatic carbocycles. The lowest BCUT2D eigenvalue weighted by molar-refractivity contribution is -0.106. The Kier molecular flexibility index (Phi) is 4.37. The number of aldehydes is 1. The zero-order valence-corrected chi connectivity index (χ0v) is 14.4. The lowest BCUT2D eigenvalue weighted by Gasteiger charge is -2.39. The number of allylic oxidation sites excluding steroid dienone is 2. The van der Waals surface area contributed by atoms with Crippen molar-refractivity contribution in [1.29, 1.82) is 0 Å². The van der Waals surface area contributed by atoms with Crippen LogP contribution in [0.1, 0.15) is 46.5 Å². The molecule has 1 saturated carbocycles. The molecular formula is C20H28O3. The molecule has 1 aliphatic heterocycles. The van der Waals surface area contributed by atoms with Crippen LogP contribution in [0, 0.1) is 17.8 Å². The van der Waals surface area contributed by atoms with Crippen molar-refractivity contribution in [2.75, 3.05) is 0 Å². The highest BCUT2D eigenvalue weighted by molar-refractivity contribution is 5.75. The molecule has 2 fully saturated rings. The molecule has 1 N–H and O–H groups in total. The fraction of sp³-hybridized carbons (Fsp3) is 0.650. The first-order valence-electron chi connectivity index (χ1n) is 8.71. The third kappa shape index (κ3) is 3.09. The van der Waals surface area contributed by atoms with Crippen molar-refractivity contribution in [2.45, 2.75) is 64.3 Å². The molecule has 23 heavy (non-hydrogen) atoms. The van der Waals surface area contributed by atoms with Gasteiger partial charge >= 0.3 is 0 Å². The predicted molar refractivity (Wildman–Crippen MR) is 90.9 cm³/mol. The average molecular weight is 316 g/mol. The van der Waals surface area contributed by atoms with Crippen molar-refractivity contribution < 1.29 is 14.6 Å². The van der Waals surface area contributed by atoms with Crippen LogP contribution in [0.25, 0.3) is 0 Å². The van der Waals surface area contributed by atoms with E-state index in [9.17, 15) is 9.90 Å². The summed E-state index contributed by atoms with van der Waals surface area (Å²) in [5.74, 6) is -0.0567. The first-order valence-corrected chi connectivity index (χ1v) is 8.71. The number of aliphatic hydroxyl groups excluding tert-OH is 1. The summed E-state index contributed by atoms with van der Waals surface area (Å²) in [4.78, 5) is 11.7. The maximum absolute atomic E-state index is 11.7. The van der Waals surface area contributed by atoms with Gasteiger partial charge in [-0.2, -0.15) is 0 Å². The second kappa shape index (κ2) is 6.03. The minimum Gasteiger partial charge on any atom is -0.392 e. The largest absolute Gasteiger partial charge is 0.392 e. The van der Waals surface area contributed by atoms with Crippen LogP contribution < -0.4 is 0 Å². The zero-order valence-electron chi connectivity index (χ0n) is 14.4. The van der Waals surface area contributed by atoms with Gasteiger partial charge in [0.15, 0.2) is 0 Å². The summed E-state index contributed by atoms with van der Waals surface area (Å²) in [6.07, 6.45) is 8.48. The van der Waals surface area contributed by atoms with Crippen LogP contribution in [0.5, 0.6) is 0 Å². The van der Waals surface area contributed by atoms with Gasteiger partial charge in [0, 0.05) is 11.8 Å². The maximum atomic E-state index is 11.7. The molecule has 0 amide bonds. The summed E-state index contributed by atoms with van der Waals surface area (Å²) in [6.45, 7) is 10.5. The highest BCUT2D eigenvalue weighted by atomic mass is 16.6. The Morgan fingerprint density at radius 1 is 1.43 bits per heavy atom. The van der Waals surface area contributed by atoms with E-state index in [1.807, 2.05) is 19.9 Å². The van der Waals surface area contributed by atoms with Gasteiger partial charge in [-0.15, -0.1) is 0 Å². The molecule has 126 valence electrons. The topological polar surface area (TPSA) is 49.8 Å². The lowest BCUT2D eigenvalue weighted by atomic mass is 9.67. The Labute approximate surface area is 139 Å². The molecule has 3 heteroatoms. The lowest BCUT2D eigenvalue weighted by Crippen LogP contribution is -2.39. The molecule has 0 bridgehead atoms. The molecule has 2 aliphatic carbocycles. The number of ether oxygens (including phenoxy) is 1. The van der Waals surface area contributed by atoms with Gasteiger partial charge in [-0.3, -0.25) is 4.79 Å². The van der Waals surface area contributed by atoms with E-state index in [4.69, 9.17) is 4.74 Å². The van der Waals surface area contributed by atoms with Gasteiger partial charge in [-0.1, -0.05) is 29.9 Å².